The fourth-order valence-corrected chi connectivity index (χ4v) is 3.08. The second-order valence-electron chi connectivity index (χ2n) is 5.08. The van der Waals surface area contributed by atoms with E-state index in [1.54, 1.807) is 12.1 Å². The average molecular weight is 378 g/mol. The van der Waals surface area contributed by atoms with E-state index in [9.17, 15) is 18.0 Å². The molecule has 0 aliphatic heterocycles. The van der Waals surface area contributed by atoms with Crippen LogP contribution in [0.1, 0.15) is 10.4 Å². The van der Waals surface area contributed by atoms with Crippen LogP contribution in [0.4, 0.5) is 5.69 Å². The highest BCUT2D eigenvalue weighted by atomic mass is 32.2. The van der Waals surface area contributed by atoms with Crippen LogP contribution < -0.4 is 14.8 Å². The van der Waals surface area contributed by atoms with Crippen LogP contribution in [0.2, 0.25) is 0 Å². The third-order valence-corrected chi connectivity index (χ3v) is 4.74. The number of carbonyl (C=O) groups is 2. The second kappa shape index (κ2) is 8.34. The molecule has 0 heterocycles. The lowest BCUT2D eigenvalue weighted by atomic mass is 10.2. The molecule has 0 saturated carbocycles. The normalized spacial score (nSPS) is 10.7. The maximum absolute atomic E-state index is 12.5. The van der Waals surface area contributed by atoms with Gasteiger partial charge in [-0.3, -0.25) is 9.52 Å². The van der Waals surface area contributed by atoms with Gasteiger partial charge in [0.15, 0.2) is 6.61 Å². The van der Waals surface area contributed by atoms with Crippen molar-refractivity contribution < 1.29 is 27.5 Å². The van der Waals surface area contributed by atoms with E-state index in [0.29, 0.717) is 5.75 Å². The number of hydrogen-bond acceptors (Lipinski definition) is 6. The molecule has 8 nitrogen and oxygen atoms in total. The Bertz CT molecular complexity index is 894. The molecule has 9 heteroatoms. The van der Waals surface area contributed by atoms with Crippen LogP contribution in [-0.2, 0) is 19.6 Å². The molecule has 2 aromatic rings. The summed E-state index contributed by atoms with van der Waals surface area (Å²) in [6.07, 6.45) is 0. The zero-order valence-corrected chi connectivity index (χ0v) is 15.0. The molecule has 2 aromatic carbocycles. The summed E-state index contributed by atoms with van der Waals surface area (Å²) in [7, 11) is -1.22. The SMILES string of the molecule is CNC(=O)COc1ccc(S(=O)(=O)Nc2ccccc2C(=O)OC)cc1. The number of anilines is 1. The number of carbonyl (C=O) groups excluding carboxylic acids is 2. The van der Waals surface area contributed by atoms with Crippen molar-refractivity contribution in [3.05, 3.63) is 54.1 Å². The highest BCUT2D eigenvalue weighted by Gasteiger charge is 2.19. The van der Waals surface area contributed by atoms with E-state index < -0.39 is 16.0 Å². The Morgan fingerprint density at radius 1 is 1.04 bits per heavy atom. The maximum Gasteiger partial charge on any atom is 0.339 e. The largest absolute Gasteiger partial charge is 0.484 e. The summed E-state index contributed by atoms with van der Waals surface area (Å²) in [4.78, 5) is 22.9. The first-order valence-corrected chi connectivity index (χ1v) is 8.99. The molecule has 26 heavy (non-hydrogen) atoms. The van der Waals surface area contributed by atoms with Crippen LogP contribution in [-0.4, -0.2) is 41.1 Å². The Balaban J connectivity index is 2.18. The molecule has 0 unspecified atom stereocenters. The summed E-state index contributed by atoms with van der Waals surface area (Å²) < 4.78 is 37.3. The minimum absolute atomic E-state index is 0.0236. The van der Waals surface area contributed by atoms with Crippen molar-refractivity contribution in [2.45, 2.75) is 4.90 Å². The fraction of sp³-hybridized carbons (Fsp3) is 0.176. The molecule has 2 N–H and O–H groups in total. The first kappa shape index (κ1) is 19.3. The molecule has 2 rings (SSSR count). The van der Waals surface area contributed by atoms with Gasteiger partial charge in [0, 0.05) is 7.05 Å². The Morgan fingerprint density at radius 3 is 2.31 bits per heavy atom. The number of methoxy groups -OCH3 is 1. The summed E-state index contributed by atoms with van der Waals surface area (Å²) in [5, 5.41) is 2.41. The Kier molecular flexibility index (Phi) is 6.18. The van der Waals surface area contributed by atoms with Crippen molar-refractivity contribution in [2.24, 2.45) is 0 Å². The maximum atomic E-state index is 12.5. The molecule has 0 spiro atoms. The number of rotatable bonds is 7. The summed E-state index contributed by atoms with van der Waals surface area (Å²) in [6.45, 7) is -0.173. The number of nitrogens with one attached hydrogen (secondary N) is 2. The van der Waals surface area contributed by atoms with Crippen LogP contribution in [0.3, 0.4) is 0 Å². The van der Waals surface area contributed by atoms with E-state index in [1.165, 1.54) is 50.6 Å². The van der Waals surface area contributed by atoms with Gasteiger partial charge in [-0.05, 0) is 36.4 Å². The van der Waals surface area contributed by atoms with E-state index in [-0.39, 0.29) is 28.7 Å². The molecular weight excluding hydrogens is 360 g/mol. The number of para-hydroxylation sites is 1. The number of ether oxygens (including phenoxy) is 2. The van der Waals surface area contributed by atoms with Crippen molar-refractivity contribution >= 4 is 27.6 Å². The monoisotopic (exact) mass is 378 g/mol. The molecule has 1 amide bonds. The lowest BCUT2D eigenvalue weighted by molar-refractivity contribution is -0.122. The Morgan fingerprint density at radius 2 is 1.69 bits per heavy atom. The van der Waals surface area contributed by atoms with Crippen molar-refractivity contribution in [2.75, 3.05) is 25.5 Å². The Hall–Kier alpha value is -3.07. The third kappa shape index (κ3) is 4.73. The smallest absolute Gasteiger partial charge is 0.339 e. The quantitative estimate of drug-likeness (QED) is 0.705. The van der Waals surface area contributed by atoms with Crippen LogP contribution in [0.15, 0.2) is 53.4 Å². The highest BCUT2D eigenvalue weighted by Crippen LogP contribution is 2.22. The van der Waals surface area contributed by atoms with Gasteiger partial charge in [0.05, 0.1) is 23.3 Å². The lowest BCUT2D eigenvalue weighted by Gasteiger charge is -2.12. The number of hydrogen-bond donors (Lipinski definition) is 2. The molecule has 0 saturated heterocycles. The zero-order valence-electron chi connectivity index (χ0n) is 14.2. The van der Waals surface area contributed by atoms with Gasteiger partial charge in [0.2, 0.25) is 0 Å². The molecule has 0 bridgehead atoms. The minimum atomic E-state index is -3.92. The molecule has 0 radical (unpaired) electrons. The number of esters is 1. The van der Waals surface area contributed by atoms with Crippen LogP contribution in [0, 0.1) is 0 Å². The Labute approximate surface area is 151 Å². The van der Waals surface area contributed by atoms with Crippen molar-refractivity contribution in [1.82, 2.24) is 5.32 Å². The summed E-state index contributed by atoms with van der Waals surface area (Å²) >= 11 is 0. The predicted octanol–water partition coefficient (Wildman–Crippen LogP) is 1.40. The van der Waals surface area contributed by atoms with Crippen molar-refractivity contribution in [1.29, 1.82) is 0 Å². The molecule has 138 valence electrons. The van der Waals surface area contributed by atoms with Gasteiger partial charge in [-0.2, -0.15) is 0 Å². The van der Waals surface area contributed by atoms with Gasteiger partial charge in [0.1, 0.15) is 5.75 Å². The molecule has 0 aliphatic rings. The van der Waals surface area contributed by atoms with Gasteiger partial charge < -0.3 is 14.8 Å². The fourth-order valence-electron chi connectivity index (χ4n) is 2.00. The molecule has 0 aromatic heterocycles. The summed E-state index contributed by atoms with van der Waals surface area (Å²) in [6, 6.07) is 11.7. The van der Waals surface area contributed by atoms with Crippen LogP contribution in [0.5, 0.6) is 5.75 Å². The highest BCUT2D eigenvalue weighted by molar-refractivity contribution is 7.92. The van der Waals surface area contributed by atoms with Crippen LogP contribution in [0.25, 0.3) is 0 Å². The van der Waals surface area contributed by atoms with E-state index in [2.05, 4.69) is 14.8 Å². The van der Waals surface area contributed by atoms with Gasteiger partial charge in [0.25, 0.3) is 15.9 Å². The lowest BCUT2D eigenvalue weighted by Crippen LogP contribution is -2.24. The second-order valence-corrected chi connectivity index (χ2v) is 6.76. The third-order valence-electron chi connectivity index (χ3n) is 3.36. The first-order chi connectivity index (χ1) is 12.4. The number of sulfonamides is 1. The molecule has 0 aliphatic carbocycles. The van der Waals surface area contributed by atoms with Gasteiger partial charge in [-0.1, -0.05) is 12.1 Å². The summed E-state index contributed by atoms with van der Waals surface area (Å²) in [5.41, 5.74) is 0.211. The van der Waals surface area contributed by atoms with E-state index in [4.69, 9.17) is 4.74 Å². The standard InChI is InChI=1S/C17H18N2O6S/c1-18-16(20)11-25-12-7-9-13(10-8-12)26(22,23)19-15-6-4-3-5-14(15)17(21)24-2/h3-10,19H,11H2,1-2H3,(H,18,20). The minimum Gasteiger partial charge on any atom is -0.484 e. The van der Waals surface area contributed by atoms with Gasteiger partial charge >= 0.3 is 5.97 Å². The van der Waals surface area contributed by atoms with Gasteiger partial charge in [-0.15, -0.1) is 0 Å². The van der Waals surface area contributed by atoms with Gasteiger partial charge in [-0.25, -0.2) is 13.2 Å². The van der Waals surface area contributed by atoms with Crippen molar-refractivity contribution in [3.8, 4) is 5.75 Å². The van der Waals surface area contributed by atoms with E-state index in [0.717, 1.165) is 0 Å². The number of likely N-dealkylation sites (N-methyl/N-ethyl adjacent to an activating group) is 1. The molecular formula is C17H18N2O6S. The topological polar surface area (TPSA) is 111 Å². The molecule has 0 fully saturated rings. The molecule has 0 atom stereocenters. The number of amides is 1. The van der Waals surface area contributed by atoms with Crippen LogP contribution >= 0.6 is 0 Å². The number of benzene rings is 2. The van der Waals surface area contributed by atoms with E-state index >= 15 is 0 Å². The zero-order chi connectivity index (χ0) is 19.2. The first-order valence-electron chi connectivity index (χ1n) is 7.51. The van der Waals surface area contributed by atoms with Crippen molar-refractivity contribution in [3.63, 3.8) is 0 Å². The predicted molar refractivity (Wildman–Crippen MR) is 94.6 cm³/mol. The summed E-state index contributed by atoms with van der Waals surface area (Å²) in [5.74, 6) is -0.605. The van der Waals surface area contributed by atoms with E-state index in [1.807, 2.05) is 0 Å². The average Bonchev–Trinajstić information content (AvgIpc) is 2.66.